The van der Waals surface area contributed by atoms with Crippen molar-refractivity contribution in [1.82, 2.24) is 9.36 Å². The molecule has 0 radical (unpaired) electrons. The van der Waals surface area contributed by atoms with Crippen molar-refractivity contribution in [3.8, 4) is 5.69 Å². The molecule has 3 aliphatic rings. The average molecular weight is 351 g/mol. The van der Waals surface area contributed by atoms with E-state index < -0.39 is 11.8 Å². The number of hydrogen-bond acceptors (Lipinski definition) is 4. The van der Waals surface area contributed by atoms with Gasteiger partial charge in [-0.2, -0.15) is 0 Å². The highest BCUT2D eigenvalue weighted by Gasteiger charge is 2.61. The van der Waals surface area contributed by atoms with Crippen LogP contribution in [0.25, 0.3) is 5.69 Å². The molecule has 5 rings (SSSR count). The summed E-state index contributed by atoms with van der Waals surface area (Å²) in [5.74, 6) is -1.74. The Labute approximate surface area is 149 Å². The molecule has 2 aromatic rings. The lowest BCUT2D eigenvalue weighted by Crippen LogP contribution is -2.38. The molecule has 2 fully saturated rings. The van der Waals surface area contributed by atoms with Gasteiger partial charge in [-0.3, -0.25) is 19.1 Å². The second-order valence-corrected chi connectivity index (χ2v) is 6.92. The van der Waals surface area contributed by atoms with E-state index in [2.05, 4.69) is 0 Å². The largest absolute Gasteiger partial charge is 0.365 e. The Morgan fingerprint density at radius 2 is 1.50 bits per heavy atom. The fourth-order valence-electron chi connectivity index (χ4n) is 4.34. The van der Waals surface area contributed by atoms with E-state index >= 15 is 0 Å². The zero-order valence-electron chi connectivity index (χ0n) is 14.3. The molecule has 1 aromatic carbocycles. The highest BCUT2D eigenvalue weighted by Crippen LogP contribution is 2.46. The van der Waals surface area contributed by atoms with Crippen LogP contribution in [0.15, 0.2) is 47.3 Å². The normalized spacial score (nSPS) is 29.1. The van der Waals surface area contributed by atoms with E-state index in [-0.39, 0.29) is 35.3 Å². The number of rotatable bonds is 2. The first-order chi connectivity index (χ1) is 12.5. The minimum Gasteiger partial charge on any atom is -0.365 e. The number of anilines is 1. The summed E-state index contributed by atoms with van der Waals surface area (Å²) < 4.78 is 8.80. The molecule has 0 aliphatic carbocycles. The van der Waals surface area contributed by atoms with Gasteiger partial charge >= 0.3 is 0 Å². The number of ether oxygens (including phenoxy) is 1. The van der Waals surface area contributed by atoms with Crippen LogP contribution in [0.4, 0.5) is 5.69 Å². The number of para-hydroxylation sites is 1. The van der Waals surface area contributed by atoms with Gasteiger partial charge in [0, 0.05) is 7.05 Å². The minimum atomic E-state index is -0.526. The first-order valence-electron chi connectivity index (χ1n) is 8.56. The van der Waals surface area contributed by atoms with Crippen molar-refractivity contribution >= 4 is 17.5 Å². The average Bonchev–Trinajstić information content (AvgIpc) is 3.36. The van der Waals surface area contributed by atoms with Crippen LogP contribution < -0.4 is 10.5 Å². The topological polar surface area (TPSA) is 73.5 Å². The standard InChI is InChI=1S/C19H17N3O4/c1-10-16(19(25)22(20(10)2)11-6-4-3-5-7-11)21-17(23)14-12-8-9-13(26-12)15(14)18(21)24/h3-9,12-15H,1-2H3/t12-,13+,14-,15+. The second kappa shape index (κ2) is 5.04. The lowest BCUT2D eigenvalue weighted by Gasteiger charge is -2.16. The molecule has 2 saturated heterocycles. The van der Waals surface area contributed by atoms with Gasteiger partial charge in [-0.1, -0.05) is 30.4 Å². The third-order valence-electron chi connectivity index (χ3n) is 5.66. The van der Waals surface area contributed by atoms with Gasteiger partial charge in [0.1, 0.15) is 5.69 Å². The predicted molar refractivity (Wildman–Crippen MR) is 93.0 cm³/mol. The Bertz CT molecular complexity index is 1000. The quantitative estimate of drug-likeness (QED) is 0.596. The maximum atomic E-state index is 13.1. The van der Waals surface area contributed by atoms with Crippen molar-refractivity contribution in [1.29, 1.82) is 0 Å². The lowest BCUT2D eigenvalue weighted by atomic mass is 9.85. The summed E-state index contributed by atoms with van der Waals surface area (Å²) in [6.07, 6.45) is 2.93. The Kier molecular flexibility index (Phi) is 2.98. The Morgan fingerprint density at radius 3 is 2.08 bits per heavy atom. The third kappa shape index (κ3) is 1.73. The molecule has 4 heterocycles. The molecule has 0 N–H and O–H groups in total. The van der Waals surface area contributed by atoms with Crippen LogP contribution in [-0.4, -0.2) is 33.4 Å². The Morgan fingerprint density at radius 1 is 0.923 bits per heavy atom. The maximum absolute atomic E-state index is 13.1. The van der Waals surface area contributed by atoms with Crippen LogP contribution in [0.5, 0.6) is 0 Å². The summed E-state index contributed by atoms with van der Waals surface area (Å²) in [5.41, 5.74) is 1.01. The summed E-state index contributed by atoms with van der Waals surface area (Å²) in [5, 5.41) is 0. The van der Waals surface area contributed by atoms with Crippen LogP contribution in [0.1, 0.15) is 5.69 Å². The number of aromatic nitrogens is 2. The van der Waals surface area contributed by atoms with E-state index in [9.17, 15) is 14.4 Å². The molecular weight excluding hydrogens is 334 g/mol. The van der Waals surface area contributed by atoms with E-state index in [1.165, 1.54) is 4.68 Å². The van der Waals surface area contributed by atoms with Gasteiger partial charge in [-0.15, -0.1) is 0 Å². The smallest absolute Gasteiger partial charge is 0.296 e. The van der Waals surface area contributed by atoms with Crippen molar-refractivity contribution in [2.45, 2.75) is 19.1 Å². The molecule has 3 aliphatic heterocycles. The predicted octanol–water partition coefficient (Wildman–Crippen LogP) is 0.927. The second-order valence-electron chi connectivity index (χ2n) is 6.92. The number of amides is 2. The SMILES string of the molecule is Cc1c(N2C(=O)[C@@H]3[C@H](C2=O)[C@H]2C=C[C@@H]3O2)c(=O)n(-c2ccccc2)n1C. The first kappa shape index (κ1) is 15.3. The summed E-state index contributed by atoms with van der Waals surface area (Å²) in [6, 6.07) is 9.15. The van der Waals surface area contributed by atoms with Gasteiger partial charge in [-0.05, 0) is 19.1 Å². The zero-order chi connectivity index (χ0) is 18.2. The maximum Gasteiger partial charge on any atom is 0.296 e. The minimum absolute atomic E-state index is 0.139. The summed E-state index contributed by atoms with van der Waals surface area (Å²) in [4.78, 5) is 40.2. The molecule has 132 valence electrons. The van der Waals surface area contributed by atoms with Gasteiger partial charge in [0.15, 0.2) is 0 Å². The molecule has 7 heteroatoms. The highest BCUT2D eigenvalue weighted by molar-refractivity contribution is 6.23. The third-order valence-corrected chi connectivity index (χ3v) is 5.66. The van der Waals surface area contributed by atoms with E-state index in [1.54, 1.807) is 18.7 Å². The molecule has 0 saturated carbocycles. The molecule has 26 heavy (non-hydrogen) atoms. The molecule has 2 amide bonds. The molecule has 0 spiro atoms. The monoisotopic (exact) mass is 351 g/mol. The van der Waals surface area contributed by atoms with E-state index in [0.29, 0.717) is 11.4 Å². The van der Waals surface area contributed by atoms with Crippen molar-refractivity contribution in [3.63, 3.8) is 0 Å². The van der Waals surface area contributed by atoms with Gasteiger partial charge in [0.2, 0.25) is 11.8 Å². The van der Waals surface area contributed by atoms with Crippen LogP contribution in [0.2, 0.25) is 0 Å². The van der Waals surface area contributed by atoms with Crippen LogP contribution in [0, 0.1) is 18.8 Å². The van der Waals surface area contributed by atoms with E-state index in [0.717, 1.165) is 4.90 Å². The lowest BCUT2D eigenvalue weighted by molar-refractivity contribution is -0.124. The number of imide groups is 1. The molecule has 0 unspecified atom stereocenters. The first-order valence-corrected chi connectivity index (χ1v) is 8.56. The molecule has 7 nitrogen and oxygen atoms in total. The zero-order valence-corrected chi connectivity index (χ0v) is 14.3. The van der Waals surface area contributed by atoms with Crippen LogP contribution in [0.3, 0.4) is 0 Å². The van der Waals surface area contributed by atoms with Crippen molar-refractivity contribution in [2.24, 2.45) is 18.9 Å². The number of fused-ring (bicyclic) bond motifs is 5. The summed E-state index contributed by atoms with van der Waals surface area (Å²) in [7, 11) is 1.74. The molecular formula is C19H17N3O4. The number of benzene rings is 1. The molecule has 4 atom stereocenters. The fraction of sp³-hybridized carbons (Fsp3) is 0.316. The summed E-state index contributed by atoms with van der Waals surface area (Å²) >= 11 is 0. The van der Waals surface area contributed by atoms with Gasteiger partial charge in [0.25, 0.3) is 5.56 Å². The Hall–Kier alpha value is -2.93. The number of carbonyl (C=O) groups excluding carboxylic acids is 2. The van der Waals surface area contributed by atoms with E-state index in [1.807, 2.05) is 42.5 Å². The molecule has 2 bridgehead atoms. The fourth-order valence-corrected chi connectivity index (χ4v) is 4.34. The number of nitrogens with zero attached hydrogens (tertiary/aromatic N) is 3. The van der Waals surface area contributed by atoms with Crippen molar-refractivity contribution in [3.05, 3.63) is 58.5 Å². The highest BCUT2D eigenvalue weighted by atomic mass is 16.5. The van der Waals surface area contributed by atoms with Crippen LogP contribution in [-0.2, 0) is 21.4 Å². The van der Waals surface area contributed by atoms with Crippen molar-refractivity contribution in [2.75, 3.05) is 4.90 Å². The summed E-state index contributed by atoms with van der Waals surface area (Å²) in [6.45, 7) is 1.74. The number of hydrogen-bond donors (Lipinski definition) is 0. The van der Waals surface area contributed by atoms with E-state index in [4.69, 9.17) is 4.74 Å². The van der Waals surface area contributed by atoms with Gasteiger partial charge in [-0.25, -0.2) is 9.58 Å². The Balaban J connectivity index is 1.66. The van der Waals surface area contributed by atoms with Gasteiger partial charge in [0.05, 0.1) is 35.4 Å². The van der Waals surface area contributed by atoms with Crippen molar-refractivity contribution < 1.29 is 14.3 Å². The van der Waals surface area contributed by atoms with Gasteiger partial charge < -0.3 is 4.74 Å². The molecule has 1 aromatic heterocycles. The number of carbonyl (C=O) groups is 2. The van der Waals surface area contributed by atoms with Crippen LogP contribution >= 0.6 is 0 Å².